The van der Waals surface area contributed by atoms with E-state index in [0.29, 0.717) is 0 Å². The van der Waals surface area contributed by atoms with Crippen LogP contribution in [0.1, 0.15) is 34.6 Å². The largest absolute Gasteiger partial charge is 0.425 e. The highest BCUT2D eigenvalue weighted by Crippen LogP contribution is 2.11. The van der Waals surface area contributed by atoms with Gasteiger partial charge in [0.15, 0.2) is 0 Å². The Hall–Kier alpha value is -1.59. The second-order valence-corrected chi connectivity index (χ2v) is 4.66. The number of rotatable bonds is 6. The van der Waals surface area contributed by atoms with Crippen LogP contribution in [0.25, 0.3) is 0 Å². The van der Waals surface area contributed by atoms with Gasteiger partial charge in [-0.3, -0.25) is 9.59 Å². The number of hydrogen-bond donors (Lipinski definition) is 1. The van der Waals surface area contributed by atoms with Gasteiger partial charge in [-0.05, 0) is 6.92 Å². The third kappa shape index (κ3) is 6.88. The average molecular weight is 259 g/mol. The van der Waals surface area contributed by atoms with E-state index in [0.717, 1.165) is 0 Å². The van der Waals surface area contributed by atoms with Crippen LogP contribution < -0.4 is 5.32 Å². The van der Waals surface area contributed by atoms with Crippen molar-refractivity contribution in [3.8, 4) is 0 Å². The molecule has 104 valence electrons. The number of nitrogens with one attached hydrogen (secondary N) is 1. The van der Waals surface area contributed by atoms with Crippen molar-refractivity contribution in [1.29, 1.82) is 0 Å². The predicted octanol–water partition coefficient (Wildman–Crippen LogP) is 1.48. The topological polar surface area (TPSA) is 81.7 Å². The second-order valence-electron chi connectivity index (χ2n) is 4.66. The Bertz CT molecular complexity index is 312. The van der Waals surface area contributed by atoms with Crippen molar-refractivity contribution in [2.45, 2.75) is 40.9 Å². The van der Waals surface area contributed by atoms with Crippen LogP contribution in [-0.4, -0.2) is 30.7 Å². The third-order valence-electron chi connectivity index (χ3n) is 1.95. The van der Waals surface area contributed by atoms with Gasteiger partial charge in [-0.1, -0.05) is 27.7 Å². The number of carbonyl (C=O) groups excluding carboxylic acids is 3. The molecule has 0 radical (unpaired) electrons. The van der Waals surface area contributed by atoms with Crippen molar-refractivity contribution in [3.63, 3.8) is 0 Å². The van der Waals surface area contributed by atoms with Gasteiger partial charge in [0.05, 0.1) is 12.5 Å². The van der Waals surface area contributed by atoms with Crippen LogP contribution in [0, 0.1) is 11.8 Å². The molecule has 1 N–H and O–H groups in total. The van der Waals surface area contributed by atoms with E-state index >= 15 is 0 Å². The first kappa shape index (κ1) is 16.4. The summed E-state index contributed by atoms with van der Waals surface area (Å²) < 4.78 is 9.98. The van der Waals surface area contributed by atoms with Crippen molar-refractivity contribution in [3.05, 3.63) is 0 Å². The molecule has 0 heterocycles. The molecule has 0 aliphatic rings. The zero-order chi connectivity index (χ0) is 14.3. The number of amides is 1. The first-order chi connectivity index (χ1) is 8.23. The molecule has 0 saturated carbocycles. The summed E-state index contributed by atoms with van der Waals surface area (Å²) in [6.07, 6.45) is -1.73. The van der Waals surface area contributed by atoms with Gasteiger partial charge >= 0.3 is 12.1 Å². The second kappa shape index (κ2) is 7.68. The molecule has 0 unspecified atom stereocenters. The van der Waals surface area contributed by atoms with E-state index in [2.05, 4.69) is 5.32 Å². The number of carbonyl (C=O) groups is 3. The highest BCUT2D eigenvalue weighted by Gasteiger charge is 2.23. The van der Waals surface area contributed by atoms with E-state index < -0.39 is 18.4 Å². The number of hydrogen-bond acceptors (Lipinski definition) is 5. The summed E-state index contributed by atoms with van der Waals surface area (Å²) in [6.45, 7) is 8.14. The number of Topliss-reactive ketones (excluding diaryl/α,β-unsaturated/α-hetero) is 1. The van der Waals surface area contributed by atoms with Gasteiger partial charge in [-0.15, -0.1) is 0 Å². The van der Waals surface area contributed by atoms with E-state index in [9.17, 15) is 14.4 Å². The fourth-order valence-corrected chi connectivity index (χ4v) is 0.891. The highest BCUT2D eigenvalue weighted by molar-refractivity contribution is 5.81. The molecule has 0 aliphatic carbocycles. The smallest absolute Gasteiger partial charge is 0.410 e. The van der Waals surface area contributed by atoms with E-state index in [1.165, 1.54) is 6.92 Å². The first-order valence-electron chi connectivity index (χ1n) is 5.88. The molecule has 1 amide bonds. The standard InChI is InChI=1S/C12H21NO5/c1-7(2)10(15)17-11(8(3)4)18-12(16)13-6-9(5)14/h7-8,11H,6H2,1-5H3,(H,13,16)/t11-/m0/s1. The normalized spacial score (nSPS) is 12.2. The fourth-order valence-electron chi connectivity index (χ4n) is 0.891. The van der Waals surface area contributed by atoms with Crippen LogP contribution in [0.15, 0.2) is 0 Å². The number of ketones is 1. The zero-order valence-electron chi connectivity index (χ0n) is 11.5. The monoisotopic (exact) mass is 259 g/mol. The summed E-state index contributed by atoms with van der Waals surface area (Å²) in [5.41, 5.74) is 0. The van der Waals surface area contributed by atoms with Gasteiger partial charge in [0, 0.05) is 5.92 Å². The van der Waals surface area contributed by atoms with Crippen LogP contribution >= 0.6 is 0 Å². The minimum atomic E-state index is -0.952. The Morgan fingerprint density at radius 3 is 2.00 bits per heavy atom. The zero-order valence-corrected chi connectivity index (χ0v) is 11.5. The van der Waals surface area contributed by atoms with E-state index in [4.69, 9.17) is 9.47 Å². The van der Waals surface area contributed by atoms with Gasteiger partial charge in [0.25, 0.3) is 6.29 Å². The van der Waals surface area contributed by atoms with Gasteiger partial charge in [-0.25, -0.2) is 4.79 Å². The molecule has 0 aromatic heterocycles. The molecule has 0 bridgehead atoms. The molecule has 0 aromatic rings. The van der Waals surface area contributed by atoms with Crippen LogP contribution in [0.2, 0.25) is 0 Å². The summed E-state index contributed by atoms with van der Waals surface area (Å²) in [5.74, 6) is -1.09. The van der Waals surface area contributed by atoms with Crippen molar-refractivity contribution < 1.29 is 23.9 Å². The Labute approximate surface area is 107 Å². The van der Waals surface area contributed by atoms with Crippen LogP contribution in [0.3, 0.4) is 0 Å². The van der Waals surface area contributed by atoms with Gasteiger partial charge in [-0.2, -0.15) is 0 Å². The van der Waals surface area contributed by atoms with Crippen molar-refractivity contribution in [2.24, 2.45) is 11.8 Å². The molecule has 0 aromatic carbocycles. The SMILES string of the molecule is CC(=O)CNC(=O)O[C@H](OC(=O)C(C)C)C(C)C. The van der Waals surface area contributed by atoms with E-state index in [-0.39, 0.29) is 24.2 Å². The molecule has 6 heteroatoms. The predicted molar refractivity (Wildman–Crippen MR) is 64.7 cm³/mol. The lowest BCUT2D eigenvalue weighted by Crippen LogP contribution is -2.37. The maximum Gasteiger partial charge on any atom is 0.410 e. The van der Waals surface area contributed by atoms with Crippen LogP contribution in [0.5, 0.6) is 0 Å². The van der Waals surface area contributed by atoms with Crippen LogP contribution in [-0.2, 0) is 19.1 Å². The first-order valence-corrected chi connectivity index (χ1v) is 5.88. The minimum absolute atomic E-state index is 0.109. The molecule has 0 fully saturated rings. The van der Waals surface area contributed by atoms with Crippen LogP contribution in [0.4, 0.5) is 4.79 Å². The summed E-state index contributed by atoms with van der Waals surface area (Å²) in [4.78, 5) is 33.4. The maximum absolute atomic E-state index is 11.4. The lowest BCUT2D eigenvalue weighted by atomic mass is 10.2. The molecule has 1 atom stereocenters. The number of alkyl carbamates (subject to hydrolysis) is 1. The summed E-state index contributed by atoms with van der Waals surface area (Å²) in [5, 5.41) is 2.27. The van der Waals surface area contributed by atoms with Crippen molar-refractivity contribution in [1.82, 2.24) is 5.32 Å². The van der Waals surface area contributed by atoms with Crippen molar-refractivity contribution in [2.75, 3.05) is 6.54 Å². The quantitative estimate of drug-likeness (QED) is 0.577. The maximum atomic E-state index is 11.4. The Morgan fingerprint density at radius 2 is 1.61 bits per heavy atom. The van der Waals surface area contributed by atoms with Gasteiger partial charge in [0.1, 0.15) is 5.78 Å². The van der Waals surface area contributed by atoms with E-state index in [1.807, 2.05) is 0 Å². The van der Waals surface area contributed by atoms with Crippen molar-refractivity contribution >= 4 is 17.8 Å². The fraction of sp³-hybridized carbons (Fsp3) is 0.750. The van der Waals surface area contributed by atoms with E-state index in [1.54, 1.807) is 27.7 Å². The lowest BCUT2D eigenvalue weighted by Gasteiger charge is -2.22. The number of ether oxygens (including phenoxy) is 2. The molecular formula is C12H21NO5. The van der Waals surface area contributed by atoms with Gasteiger partial charge < -0.3 is 14.8 Å². The highest BCUT2D eigenvalue weighted by atomic mass is 16.7. The summed E-state index contributed by atoms with van der Waals surface area (Å²) in [7, 11) is 0. The molecule has 0 spiro atoms. The molecular weight excluding hydrogens is 238 g/mol. The Kier molecular flexibility index (Phi) is 7.00. The molecule has 18 heavy (non-hydrogen) atoms. The van der Waals surface area contributed by atoms with Gasteiger partial charge in [0.2, 0.25) is 0 Å². The Balaban J connectivity index is 4.31. The molecule has 6 nitrogen and oxygen atoms in total. The lowest BCUT2D eigenvalue weighted by molar-refractivity contribution is -0.178. The summed E-state index contributed by atoms with van der Waals surface area (Å²) >= 11 is 0. The third-order valence-corrected chi connectivity index (χ3v) is 1.95. The Morgan fingerprint density at radius 1 is 1.06 bits per heavy atom. The molecule has 0 saturated heterocycles. The molecule has 0 aliphatic heterocycles. The summed E-state index contributed by atoms with van der Waals surface area (Å²) in [6, 6.07) is 0. The average Bonchev–Trinajstić information content (AvgIpc) is 2.24. The molecule has 0 rings (SSSR count). The minimum Gasteiger partial charge on any atom is -0.425 e. The number of esters is 1.